The average molecular weight is 258 g/mol. The molecule has 0 spiro atoms. The van der Waals surface area contributed by atoms with Crippen LogP contribution in [0.2, 0.25) is 5.02 Å². The predicted octanol–water partition coefficient (Wildman–Crippen LogP) is 2.66. The highest BCUT2D eigenvalue weighted by Gasteiger charge is 2.35. The van der Waals surface area contributed by atoms with Crippen molar-refractivity contribution < 1.29 is 4.79 Å². The second-order valence-electron chi connectivity index (χ2n) is 3.34. The minimum Gasteiger partial charge on any atom is -0.272 e. The Balaban J connectivity index is 2.38. The Morgan fingerprint density at radius 2 is 2.25 bits per heavy atom. The van der Waals surface area contributed by atoms with Gasteiger partial charge in [-0.3, -0.25) is 4.79 Å². The standard InChI is InChI=1S/C10H9Cl2N3O/c1-2-6-8(12)14-15(10(6)16)9-7(11)4-3-5-13-9/h3-6H,2H2,1H3. The number of hydrogen-bond donors (Lipinski definition) is 0. The predicted molar refractivity (Wildman–Crippen MR) is 63.8 cm³/mol. The van der Waals surface area contributed by atoms with Gasteiger partial charge in [-0.2, -0.15) is 10.1 Å². The van der Waals surface area contributed by atoms with Crippen LogP contribution in [-0.2, 0) is 4.79 Å². The fraction of sp³-hybridized carbons (Fsp3) is 0.300. The van der Waals surface area contributed by atoms with Crippen LogP contribution >= 0.6 is 23.2 Å². The smallest absolute Gasteiger partial charge is 0.259 e. The molecule has 0 N–H and O–H groups in total. The number of amides is 1. The van der Waals surface area contributed by atoms with Crippen molar-refractivity contribution in [3.05, 3.63) is 23.4 Å². The van der Waals surface area contributed by atoms with E-state index in [0.29, 0.717) is 17.3 Å². The number of carbonyl (C=O) groups is 1. The molecule has 1 aliphatic rings. The van der Waals surface area contributed by atoms with E-state index in [1.807, 2.05) is 6.92 Å². The molecule has 0 fully saturated rings. The first-order valence-electron chi connectivity index (χ1n) is 4.83. The number of pyridine rings is 1. The SMILES string of the molecule is CCC1C(=O)N(c2ncccc2Cl)N=C1Cl. The van der Waals surface area contributed by atoms with Crippen LogP contribution in [0.25, 0.3) is 0 Å². The van der Waals surface area contributed by atoms with Gasteiger partial charge < -0.3 is 0 Å². The minimum atomic E-state index is -0.375. The lowest BCUT2D eigenvalue weighted by Crippen LogP contribution is -2.27. The van der Waals surface area contributed by atoms with E-state index < -0.39 is 0 Å². The highest BCUT2D eigenvalue weighted by molar-refractivity contribution is 6.68. The Bertz CT molecular complexity index is 461. The minimum absolute atomic E-state index is 0.187. The fourth-order valence-corrected chi connectivity index (χ4v) is 2.02. The topological polar surface area (TPSA) is 45.6 Å². The van der Waals surface area contributed by atoms with Crippen molar-refractivity contribution in [3.63, 3.8) is 0 Å². The van der Waals surface area contributed by atoms with Crippen molar-refractivity contribution in [3.8, 4) is 0 Å². The molecule has 0 saturated heterocycles. The maximum absolute atomic E-state index is 11.9. The summed E-state index contributed by atoms with van der Waals surface area (Å²) in [6, 6.07) is 3.34. The van der Waals surface area contributed by atoms with E-state index in [1.54, 1.807) is 18.3 Å². The molecule has 4 nitrogen and oxygen atoms in total. The van der Waals surface area contributed by atoms with Crippen LogP contribution < -0.4 is 5.01 Å². The van der Waals surface area contributed by atoms with Crippen molar-refractivity contribution in [2.24, 2.45) is 11.0 Å². The molecule has 1 aromatic heterocycles. The van der Waals surface area contributed by atoms with Gasteiger partial charge in [-0.05, 0) is 18.6 Å². The Morgan fingerprint density at radius 1 is 1.50 bits per heavy atom. The summed E-state index contributed by atoms with van der Waals surface area (Å²) < 4.78 is 0. The monoisotopic (exact) mass is 257 g/mol. The number of halogens is 2. The van der Waals surface area contributed by atoms with Crippen LogP contribution in [0.15, 0.2) is 23.4 Å². The normalized spacial score (nSPS) is 20.2. The number of hydrazone groups is 1. The van der Waals surface area contributed by atoms with Gasteiger partial charge in [-0.25, -0.2) is 4.98 Å². The molecule has 0 saturated carbocycles. The van der Waals surface area contributed by atoms with Gasteiger partial charge in [-0.1, -0.05) is 30.1 Å². The van der Waals surface area contributed by atoms with Crippen LogP contribution in [0, 0.1) is 5.92 Å². The van der Waals surface area contributed by atoms with Gasteiger partial charge in [0.2, 0.25) is 0 Å². The molecule has 1 aliphatic heterocycles. The fourth-order valence-electron chi connectivity index (χ4n) is 1.49. The van der Waals surface area contributed by atoms with Crippen molar-refractivity contribution in [2.75, 3.05) is 5.01 Å². The molecular weight excluding hydrogens is 249 g/mol. The van der Waals surface area contributed by atoms with Crippen molar-refractivity contribution in [1.29, 1.82) is 0 Å². The molecule has 0 bridgehead atoms. The van der Waals surface area contributed by atoms with E-state index in [-0.39, 0.29) is 17.0 Å². The van der Waals surface area contributed by atoms with E-state index in [9.17, 15) is 4.79 Å². The molecule has 0 aromatic carbocycles. The largest absolute Gasteiger partial charge is 0.272 e. The summed E-state index contributed by atoms with van der Waals surface area (Å²) in [4.78, 5) is 15.9. The zero-order valence-corrected chi connectivity index (χ0v) is 10.0. The first kappa shape index (κ1) is 11.4. The van der Waals surface area contributed by atoms with Gasteiger partial charge in [-0.15, -0.1) is 0 Å². The van der Waals surface area contributed by atoms with Gasteiger partial charge in [0.05, 0.1) is 10.9 Å². The van der Waals surface area contributed by atoms with Crippen LogP contribution in [-0.4, -0.2) is 16.1 Å². The van der Waals surface area contributed by atoms with Crippen molar-refractivity contribution in [1.82, 2.24) is 4.98 Å². The van der Waals surface area contributed by atoms with Gasteiger partial charge in [0.25, 0.3) is 5.91 Å². The lowest BCUT2D eigenvalue weighted by Gasteiger charge is -2.12. The highest BCUT2D eigenvalue weighted by Crippen LogP contribution is 2.29. The molecule has 2 rings (SSSR count). The van der Waals surface area contributed by atoms with E-state index in [2.05, 4.69) is 10.1 Å². The Hall–Kier alpha value is -1.13. The molecule has 6 heteroatoms. The number of aromatic nitrogens is 1. The number of anilines is 1. The molecule has 0 radical (unpaired) electrons. The summed E-state index contributed by atoms with van der Waals surface area (Å²) in [7, 11) is 0. The maximum atomic E-state index is 11.9. The van der Waals surface area contributed by atoms with Gasteiger partial charge >= 0.3 is 0 Å². The quantitative estimate of drug-likeness (QED) is 0.818. The Kier molecular flexibility index (Phi) is 3.12. The molecular formula is C10H9Cl2N3O. The molecule has 1 unspecified atom stereocenters. The first-order chi connectivity index (χ1) is 7.65. The molecule has 0 aliphatic carbocycles. The van der Waals surface area contributed by atoms with E-state index in [4.69, 9.17) is 23.2 Å². The number of carbonyl (C=O) groups excluding carboxylic acids is 1. The molecule has 2 heterocycles. The van der Waals surface area contributed by atoms with E-state index >= 15 is 0 Å². The molecule has 1 amide bonds. The Morgan fingerprint density at radius 3 is 2.81 bits per heavy atom. The first-order valence-corrected chi connectivity index (χ1v) is 5.59. The van der Waals surface area contributed by atoms with Gasteiger partial charge in [0.15, 0.2) is 5.82 Å². The summed E-state index contributed by atoms with van der Waals surface area (Å²) in [5, 5.41) is 5.80. The van der Waals surface area contributed by atoms with Crippen LogP contribution in [0.1, 0.15) is 13.3 Å². The number of rotatable bonds is 2. The van der Waals surface area contributed by atoms with Crippen LogP contribution in [0.5, 0.6) is 0 Å². The van der Waals surface area contributed by atoms with Gasteiger partial charge in [0, 0.05) is 6.20 Å². The average Bonchev–Trinajstić information content (AvgIpc) is 2.55. The summed E-state index contributed by atoms with van der Waals surface area (Å²) in [5.41, 5.74) is 0. The highest BCUT2D eigenvalue weighted by atomic mass is 35.5. The molecule has 16 heavy (non-hydrogen) atoms. The van der Waals surface area contributed by atoms with Gasteiger partial charge in [0.1, 0.15) is 5.17 Å². The Labute approximate surface area is 103 Å². The lowest BCUT2D eigenvalue weighted by molar-refractivity contribution is -0.119. The maximum Gasteiger partial charge on any atom is 0.259 e. The third-order valence-electron chi connectivity index (χ3n) is 2.34. The molecule has 84 valence electrons. The van der Waals surface area contributed by atoms with E-state index in [1.165, 1.54) is 5.01 Å². The van der Waals surface area contributed by atoms with Crippen LogP contribution in [0.4, 0.5) is 5.82 Å². The molecule has 1 atom stereocenters. The molecule has 1 aromatic rings. The lowest BCUT2D eigenvalue weighted by atomic mass is 10.1. The summed E-state index contributed by atoms with van der Waals surface area (Å²) in [6.45, 7) is 1.88. The summed E-state index contributed by atoms with van der Waals surface area (Å²) in [5.74, 6) is -0.240. The van der Waals surface area contributed by atoms with E-state index in [0.717, 1.165) is 0 Å². The number of hydrogen-bond acceptors (Lipinski definition) is 3. The van der Waals surface area contributed by atoms with Crippen LogP contribution in [0.3, 0.4) is 0 Å². The van der Waals surface area contributed by atoms with Crippen molar-refractivity contribution >= 4 is 40.1 Å². The number of nitrogens with zero attached hydrogens (tertiary/aromatic N) is 3. The third kappa shape index (κ3) is 1.79. The third-order valence-corrected chi connectivity index (χ3v) is 2.97. The second-order valence-corrected chi connectivity index (χ2v) is 4.14. The zero-order valence-electron chi connectivity index (χ0n) is 8.52. The summed E-state index contributed by atoms with van der Waals surface area (Å²) in [6.07, 6.45) is 2.17. The second kappa shape index (κ2) is 4.39. The van der Waals surface area contributed by atoms with Crippen molar-refractivity contribution in [2.45, 2.75) is 13.3 Å². The summed E-state index contributed by atoms with van der Waals surface area (Å²) >= 11 is 11.8. The zero-order chi connectivity index (χ0) is 11.7.